The molecule has 4 heteroatoms. The molecule has 18 heavy (non-hydrogen) atoms. The lowest BCUT2D eigenvalue weighted by Crippen LogP contribution is -2.63. The second-order valence-electron chi connectivity index (χ2n) is 5.69. The van der Waals surface area contributed by atoms with E-state index in [1.165, 1.54) is 12.8 Å². The third-order valence-corrected chi connectivity index (χ3v) is 4.88. The maximum absolute atomic E-state index is 6.15. The summed E-state index contributed by atoms with van der Waals surface area (Å²) in [6.07, 6.45) is 6.20. The van der Waals surface area contributed by atoms with Gasteiger partial charge in [-0.3, -0.25) is 4.90 Å². The number of nitrogens with zero attached hydrogens (tertiary/aromatic N) is 1. The van der Waals surface area contributed by atoms with Crippen molar-refractivity contribution in [3.05, 3.63) is 0 Å². The molecule has 2 rings (SSSR count). The van der Waals surface area contributed by atoms with Gasteiger partial charge >= 0.3 is 0 Å². The Hall–Kier alpha value is -0.160. The number of hydrogen-bond acceptors (Lipinski definition) is 4. The third-order valence-electron chi connectivity index (χ3n) is 4.88. The number of methoxy groups -OCH3 is 1. The summed E-state index contributed by atoms with van der Waals surface area (Å²) >= 11 is 0. The van der Waals surface area contributed by atoms with Crippen molar-refractivity contribution in [3.63, 3.8) is 0 Å². The average molecular weight is 256 g/mol. The fraction of sp³-hybridized carbons (Fsp3) is 1.00. The fourth-order valence-corrected chi connectivity index (χ4v) is 3.59. The van der Waals surface area contributed by atoms with Gasteiger partial charge in [0, 0.05) is 31.8 Å². The minimum atomic E-state index is 0.194. The summed E-state index contributed by atoms with van der Waals surface area (Å²) in [5.41, 5.74) is 6.34. The predicted octanol–water partition coefficient (Wildman–Crippen LogP) is 1.38. The molecular formula is C14H28N2O2. The van der Waals surface area contributed by atoms with Gasteiger partial charge in [0.25, 0.3) is 0 Å². The van der Waals surface area contributed by atoms with Crippen LogP contribution in [0, 0.1) is 0 Å². The molecule has 2 N–H and O–H groups in total. The van der Waals surface area contributed by atoms with E-state index >= 15 is 0 Å². The molecule has 2 aliphatic rings. The van der Waals surface area contributed by atoms with E-state index in [0.29, 0.717) is 12.1 Å². The molecule has 1 saturated heterocycles. The molecule has 1 saturated carbocycles. The van der Waals surface area contributed by atoms with Crippen molar-refractivity contribution < 1.29 is 9.47 Å². The van der Waals surface area contributed by atoms with Gasteiger partial charge in [-0.2, -0.15) is 0 Å². The molecular weight excluding hydrogens is 228 g/mol. The van der Waals surface area contributed by atoms with Crippen LogP contribution in [0.25, 0.3) is 0 Å². The second kappa shape index (κ2) is 6.33. The van der Waals surface area contributed by atoms with E-state index in [9.17, 15) is 0 Å². The topological polar surface area (TPSA) is 47.7 Å². The molecule has 1 atom stereocenters. The Morgan fingerprint density at radius 1 is 1.39 bits per heavy atom. The standard InChI is InChI=1S/C14H28N2O2/c1-3-12-10-18-9-8-16(12)14(11-15)6-4-13(17-2)5-7-14/h12-13H,3-11,15H2,1-2H3. The fourth-order valence-electron chi connectivity index (χ4n) is 3.59. The molecule has 1 unspecified atom stereocenters. The second-order valence-corrected chi connectivity index (χ2v) is 5.69. The highest BCUT2D eigenvalue weighted by atomic mass is 16.5. The van der Waals surface area contributed by atoms with Gasteiger partial charge in [0.05, 0.1) is 19.3 Å². The molecule has 2 fully saturated rings. The van der Waals surface area contributed by atoms with E-state index in [-0.39, 0.29) is 5.54 Å². The van der Waals surface area contributed by atoms with Crippen LogP contribution < -0.4 is 5.73 Å². The maximum Gasteiger partial charge on any atom is 0.0622 e. The van der Waals surface area contributed by atoms with Crippen LogP contribution in [0.2, 0.25) is 0 Å². The van der Waals surface area contributed by atoms with Gasteiger partial charge in [-0.05, 0) is 32.1 Å². The first-order valence-electron chi connectivity index (χ1n) is 7.33. The van der Waals surface area contributed by atoms with Crippen LogP contribution in [-0.2, 0) is 9.47 Å². The molecule has 106 valence electrons. The van der Waals surface area contributed by atoms with Crippen molar-refractivity contribution in [3.8, 4) is 0 Å². The molecule has 0 radical (unpaired) electrons. The molecule has 4 nitrogen and oxygen atoms in total. The van der Waals surface area contributed by atoms with Crippen molar-refractivity contribution >= 4 is 0 Å². The summed E-state index contributed by atoms with van der Waals surface area (Å²) in [6, 6.07) is 0.543. The number of morpholine rings is 1. The van der Waals surface area contributed by atoms with Crippen molar-refractivity contribution in [2.75, 3.05) is 33.4 Å². The first kappa shape index (κ1) is 14.3. The highest BCUT2D eigenvalue weighted by Gasteiger charge is 2.42. The molecule has 1 aliphatic carbocycles. The number of hydrogen-bond donors (Lipinski definition) is 1. The Bertz CT molecular complexity index is 252. The van der Waals surface area contributed by atoms with E-state index in [1.807, 2.05) is 7.11 Å². The highest BCUT2D eigenvalue weighted by Crippen LogP contribution is 2.36. The van der Waals surface area contributed by atoms with Crippen LogP contribution in [0.3, 0.4) is 0 Å². The smallest absolute Gasteiger partial charge is 0.0622 e. The quantitative estimate of drug-likeness (QED) is 0.825. The summed E-state index contributed by atoms with van der Waals surface area (Å²) in [5, 5.41) is 0. The largest absolute Gasteiger partial charge is 0.381 e. The van der Waals surface area contributed by atoms with E-state index in [2.05, 4.69) is 11.8 Å². The van der Waals surface area contributed by atoms with Crippen LogP contribution in [0.1, 0.15) is 39.0 Å². The molecule has 0 bridgehead atoms. The first-order valence-corrected chi connectivity index (χ1v) is 7.33. The Balaban J connectivity index is 2.06. The first-order chi connectivity index (χ1) is 8.75. The molecule has 0 aromatic heterocycles. The highest BCUT2D eigenvalue weighted by molar-refractivity contribution is 4.99. The molecule has 0 spiro atoms. The molecule has 0 aromatic carbocycles. The summed E-state index contributed by atoms with van der Waals surface area (Å²) in [5.74, 6) is 0. The summed E-state index contributed by atoms with van der Waals surface area (Å²) in [7, 11) is 1.82. The van der Waals surface area contributed by atoms with E-state index in [0.717, 1.165) is 45.6 Å². The number of ether oxygens (including phenoxy) is 2. The van der Waals surface area contributed by atoms with Crippen LogP contribution in [0.4, 0.5) is 0 Å². The molecule has 0 aromatic rings. The Labute approximate surface area is 111 Å². The van der Waals surface area contributed by atoms with Gasteiger partial charge in [0.2, 0.25) is 0 Å². The summed E-state index contributed by atoms with van der Waals surface area (Å²) in [6.45, 7) is 5.77. The Morgan fingerprint density at radius 3 is 2.67 bits per heavy atom. The van der Waals surface area contributed by atoms with Crippen LogP contribution >= 0.6 is 0 Å². The van der Waals surface area contributed by atoms with Gasteiger partial charge in [-0.25, -0.2) is 0 Å². The maximum atomic E-state index is 6.15. The van der Waals surface area contributed by atoms with Crippen molar-refractivity contribution in [1.82, 2.24) is 4.90 Å². The van der Waals surface area contributed by atoms with Crippen LogP contribution in [0.5, 0.6) is 0 Å². The lowest BCUT2D eigenvalue weighted by molar-refractivity contribution is -0.0884. The third kappa shape index (κ3) is 2.72. The summed E-state index contributed by atoms with van der Waals surface area (Å²) in [4.78, 5) is 2.64. The monoisotopic (exact) mass is 256 g/mol. The van der Waals surface area contributed by atoms with Crippen LogP contribution in [0.15, 0.2) is 0 Å². The van der Waals surface area contributed by atoms with Crippen LogP contribution in [-0.4, -0.2) is 56.0 Å². The zero-order valence-corrected chi connectivity index (χ0v) is 11.9. The Morgan fingerprint density at radius 2 is 2.11 bits per heavy atom. The zero-order chi connectivity index (χ0) is 13.0. The SMILES string of the molecule is CCC1COCCN1C1(CN)CCC(OC)CC1. The van der Waals surface area contributed by atoms with Crippen molar-refractivity contribution in [2.24, 2.45) is 5.73 Å². The summed E-state index contributed by atoms with van der Waals surface area (Å²) < 4.78 is 11.1. The van der Waals surface area contributed by atoms with Gasteiger partial charge < -0.3 is 15.2 Å². The van der Waals surface area contributed by atoms with Gasteiger partial charge in [0.1, 0.15) is 0 Å². The molecule has 1 aliphatic heterocycles. The normalized spacial score (nSPS) is 38.8. The minimum absolute atomic E-state index is 0.194. The van der Waals surface area contributed by atoms with E-state index < -0.39 is 0 Å². The Kier molecular flexibility index (Phi) is 5.01. The predicted molar refractivity (Wildman–Crippen MR) is 72.7 cm³/mol. The lowest BCUT2D eigenvalue weighted by atomic mass is 9.77. The zero-order valence-electron chi connectivity index (χ0n) is 11.9. The van der Waals surface area contributed by atoms with Gasteiger partial charge in [0.15, 0.2) is 0 Å². The van der Waals surface area contributed by atoms with Gasteiger partial charge in [-0.1, -0.05) is 6.92 Å². The van der Waals surface area contributed by atoms with Crippen molar-refractivity contribution in [2.45, 2.75) is 56.7 Å². The number of nitrogens with two attached hydrogens (primary N) is 1. The van der Waals surface area contributed by atoms with E-state index in [4.69, 9.17) is 15.2 Å². The number of rotatable bonds is 4. The minimum Gasteiger partial charge on any atom is -0.381 e. The molecule has 1 heterocycles. The van der Waals surface area contributed by atoms with Gasteiger partial charge in [-0.15, -0.1) is 0 Å². The van der Waals surface area contributed by atoms with E-state index in [1.54, 1.807) is 0 Å². The average Bonchev–Trinajstić information content (AvgIpc) is 2.47. The van der Waals surface area contributed by atoms with Crippen molar-refractivity contribution in [1.29, 1.82) is 0 Å². The molecule has 0 amide bonds. The lowest BCUT2D eigenvalue weighted by Gasteiger charge is -2.52.